The van der Waals surface area contributed by atoms with Gasteiger partial charge in [-0.3, -0.25) is 0 Å². The van der Waals surface area contributed by atoms with Gasteiger partial charge in [0, 0.05) is 15.2 Å². The van der Waals surface area contributed by atoms with Gasteiger partial charge in [0.15, 0.2) is 0 Å². The maximum absolute atomic E-state index is 11.2. The van der Waals surface area contributed by atoms with E-state index in [2.05, 4.69) is 11.1 Å². The number of aryl methyl sites for hydroxylation is 1. The lowest BCUT2D eigenvalue weighted by Crippen LogP contribution is -2.00. The van der Waals surface area contributed by atoms with Gasteiger partial charge in [-0.2, -0.15) is 0 Å². The molecule has 0 aliphatic carbocycles. The fourth-order valence-corrected chi connectivity index (χ4v) is 3.24. The van der Waals surface area contributed by atoms with Crippen LogP contribution in [0.15, 0.2) is 64.4 Å². The lowest BCUT2D eigenvalue weighted by molar-refractivity contribution is 0.0690. The molecular weight excluding hydrogens is 282 g/mol. The second-order valence-corrected chi connectivity index (χ2v) is 5.86. The third kappa shape index (κ3) is 2.90. The fraction of sp³-hybridized carbons (Fsp3) is 0.0588. The van der Waals surface area contributed by atoms with Crippen LogP contribution in [0, 0.1) is 6.92 Å². The molecule has 3 aromatic rings. The molecule has 0 radical (unpaired) electrons. The highest BCUT2D eigenvalue weighted by atomic mass is 32.2. The van der Waals surface area contributed by atoms with Crippen molar-refractivity contribution < 1.29 is 9.90 Å². The number of aromatic carboxylic acids is 1. The Morgan fingerprint density at radius 1 is 1.10 bits per heavy atom. The molecule has 0 aliphatic heterocycles. The summed E-state index contributed by atoms with van der Waals surface area (Å²) >= 11 is 1.56. The molecule has 0 amide bonds. The number of fused-ring (bicyclic) bond motifs is 1. The summed E-state index contributed by atoms with van der Waals surface area (Å²) in [6.07, 6.45) is 0. The van der Waals surface area contributed by atoms with E-state index in [0.717, 1.165) is 15.2 Å². The van der Waals surface area contributed by atoms with Gasteiger partial charge in [0.2, 0.25) is 0 Å². The molecule has 0 bridgehead atoms. The second-order valence-electron chi connectivity index (χ2n) is 4.75. The number of carbonyl (C=O) groups is 1. The minimum atomic E-state index is -1.01. The van der Waals surface area contributed by atoms with Gasteiger partial charge in [0.1, 0.15) is 5.69 Å². The van der Waals surface area contributed by atoms with E-state index in [0.29, 0.717) is 5.52 Å². The summed E-state index contributed by atoms with van der Waals surface area (Å²) in [5.74, 6) is -1.01. The monoisotopic (exact) mass is 295 g/mol. The summed E-state index contributed by atoms with van der Waals surface area (Å²) in [6.45, 7) is 2.04. The van der Waals surface area contributed by atoms with Crippen LogP contribution in [0.25, 0.3) is 10.9 Å². The predicted octanol–water partition coefficient (Wildman–Crippen LogP) is 4.39. The van der Waals surface area contributed by atoms with Crippen LogP contribution in [0.4, 0.5) is 0 Å². The van der Waals surface area contributed by atoms with Crippen LogP contribution in [0.3, 0.4) is 0 Å². The van der Waals surface area contributed by atoms with Crippen molar-refractivity contribution in [2.24, 2.45) is 0 Å². The van der Waals surface area contributed by atoms with Crippen molar-refractivity contribution in [3.8, 4) is 0 Å². The average Bonchev–Trinajstić information content (AvgIpc) is 2.47. The first kappa shape index (κ1) is 13.6. The Hall–Kier alpha value is -2.33. The topological polar surface area (TPSA) is 50.2 Å². The van der Waals surface area contributed by atoms with Crippen LogP contribution in [0.2, 0.25) is 0 Å². The Kier molecular flexibility index (Phi) is 3.62. The molecule has 3 nitrogen and oxygen atoms in total. The smallest absolute Gasteiger partial charge is 0.354 e. The van der Waals surface area contributed by atoms with Crippen LogP contribution in [-0.4, -0.2) is 16.1 Å². The average molecular weight is 295 g/mol. The maximum atomic E-state index is 11.2. The number of benzene rings is 2. The lowest BCUT2D eigenvalue weighted by Gasteiger charge is -2.08. The van der Waals surface area contributed by atoms with Gasteiger partial charge in [0.25, 0.3) is 0 Å². The van der Waals surface area contributed by atoms with Crippen molar-refractivity contribution in [3.05, 3.63) is 65.9 Å². The second kappa shape index (κ2) is 5.58. The van der Waals surface area contributed by atoms with Gasteiger partial charge in [-0.05, 0) is 31.2 Å². The number of carboxylic acids is 1. The highest BCUT2D eigenvalue weighted by molar-refractivity contribution is 7.99. The Morgan fingerprint density at radius 2 is 1.90 bits per heavy atom. The third-order valence-corrected chi connectivity index (χ3v) is 4.16. The largest absolute Gasteiger partial charge is 0.477 e. The lowest BCUT2D eigenvalue weighted by atomic mass is 10.2. The van der Waals surface area contributed by atoms with Gasteiger partial charge in [0.05, 0.1) is 5.52 Å². The van der Waals surface area contributed by atoms with Crippen LogP contribution < -0.4 is 0 Å². The van der Waals surface area contributed by atoms with E-state index < -0.39 is 5.97 Å². The third-order valence-electron chi connectivity index (χ3n) is 3.11. The zero-order chi connectivity index (χ0) is 14.8. The number of rotatable bonds is 3. The predicted molar refractivity (Wildman–Crippen MR) is 84.0 cm³/mol. The normalized spacial score (nSPS) is 10.7. The number of nitrogens with zero attached hydrogens (tertiary/aromatic N) is 1. The summed E-state index contributed by atoms with van der Waals surface area (Å²) in [4.78, 5) is 17.4. The number of hydrogen-bond acceptors (Lipinski definition) is 3. The minimum Gasteiger partial charge on any atom is -0.477 e. The fourth-order valence-electron chi connectivity index (χ4n) is 2.14. The van der Waals surface area contributed by atoms with E-state index >= 15 is 0 Å². The first-order valence-corrected chi connectivity index (χ1v) is 7.33. The first-order chi connectivity index (χ1) is 10.1. The van der Waals surface area contributed by atoms with Gasteiger partial charge < -0.3 is 5.11 Å². The van der Waals surface area contributed by atoms with E-state index in [1.54, 1.807) is 17.8 Å². The molecule has 4 heteroatoms. The van der Waals surface area contributed by atoms with Crippen LogP contribution in [0.1, 0.15) is 16.1 Å². The molecular formula is C17H13NO2S. The van der Waals surface area contributed by atoms with Gasteiger partial charge in [-0.25, -0.2) is 9.78 Å². The van der Waals surface area contributed by atoms with Crippen molar-refractivity contribution in [3.63, 3.8) is 0 Å². The molecule has 0 unspecified atom stereocenters. The molecule has 1 aromatic heterocycles. The zero-order valence-corrected chi connectivity index (χ0v) is 12.2. The van der Waals surface area contributed by atoms with E-state index in [9.17, 15) is 9.90 Å². The number of hydrogen-bond donors (Lipinski definition) is 1. The van der Waals surface area contributed by atoms with E-state index in [1.165, 1.54) is 5.56 Å². The van der Waals surface area contributed by atoms with Gasteiger partial charge in [-0.15, -0.1) is 0 Å². The molecule has 0 spiro atoms. The van der Waals surface area contributed by atoms with Gasteiger partial charge >= 0.3 is 5.97 Å². The van der Waals surface area contributed by atoms with Crippen molar-refractivity contribution in [2.45, 2.75) is 16.7 Å². The van der Waals surface area contributed by atoms with Crippen LogP contribution in [-0.2, 0) is 0 Å². The maximum Gasteiger partial charge on any atom is 0.354 e. The quantitative estimate of drug-likeness (QED) is 0.778. The molecule has 2 aromatic carbocycles. The number of carboxylic acid groups (broad SMARTS) is 1. The highest BCUT2D eigenvalue weighted by Gasteiger charge is 2.11. The molecule has 0 atom stereocenters. The zero-order valence-electron chi connectivity index (χ0n) is 11.4. The molecule has 1 N–H and O–H groups in total. The Balaban J connectivity index is 2.13. The van der Waals surface area contributed by atoms with E-state index in [1.807, 2.05) is 49.4 Å². The van der Waals surface area contributed by atoms with Crippen molar-refractivity contribution >= 4 is 28.6 Å². The van der Waals surface area contributed by atoms with Gasteiger partial charge in [-0.1, -0.05) is 47.7 Å². The van der Waals surface area contributed by atoms with E-state index in [4.69, 9.17) is 0 Å². The Labute approximate surface area is 126 Å². The number of aromatic nitrogens is 1. The number of para-hydroxylation sites is 1. The molecule has 3 rings (SSSR count). The van der Waals surface area contributed by atoms with E-state index in [-0.39, 0.29) is 5.69 Å². The van der Waals surface area contributed by atoms with Crippen molar-refractivity contribution in [2.75, 3.05) is 0 Å². The highest BCUT2D eigenvalue weighted by Crippen LogP contribution is 2.33. The molecule has 0 saturated carbocycles. The van der Waals surface area contributed by atoms with Crippen molar-refractivity contribution in [1.82, 2.24) is 4.98 Å². The number of pyridine rings is 1. The van der Waals surface area contributed by atoms with Crippen LogP contribution in [0.5, 0.6) is 0 Å². The summed E-state index contributed by atoms with van der Waals surface area (Å²) in [5, 5.41) is 10.2. The summed E-state index contributed by atoms with van der Waals surface area (Å²) < 4.78 is 0. The molecule has 1 heterocycles. The first-order valence-electron chi connectivity index (χ1n) is 6.51. The Morgan fingerprint density at radius 3 is 2.67 bits per heavy atom. The SMILES string of the molecule is Cc1cccc(Sc2cc(C(=O)O)nc3ccccc23)c1. The summed E-state index contributed by atoms with van der Waals surface area (Å²) in [7, 11) is 0. The Bertz CT molecular complexity index is 830. The minimum absolute atomic E-state index is 0.0730. The molecule has 0 aliphatic rings. The molecule has 0 saturated heterocycles. The standard InChI is InChI=1S/C17H13NO2S/c1-11-5-4-6-12(9-11)21-16-10-15(17(19)20)18-14-8-3-2-7-13(14)16/h2-10H,1H3,(H,19,20). The van der Waals surface area contributed by atoms with Crippen LogP contribution >= 0.6 is 11.8 Å². The molecule has 21 heavy (non-hydrogen) atoms. The molecule has 0 fully saturated rings. The summed E-state index contributed by atoms with van der Waals surface area (Å²) in [5.41, 5.74) is 1.95. The van der Waals surface area contributed by atoms with Crippen molar-refractivity contribution in [1.29, 1.82) is 0 Å². The molecule has 104 valence electrons. The summed E-state index contributed by atoms with van der Waals surface area (Å²) in [6, 6.07) is 17.4.